The van der Waals surface area contributed by atoms with Gasteiger partial charge in [0.15, 0.2) is 0 Å². The molecule has 21 heavy (non-hydrogen) atoms. The van der Waals surface area contributed by atoms with Crippen LogP contribution in [0.2, 0.25) is 0 Å². The van der Waals surface area contributed by atoms with E-state index in [4.69, 9.17) is 4.74 Å². The van der Waals surface area contributed by atoms with Crippen LogP contribution in [-0.4, -0.2) is 54.9 Å². The number of carbonyl (C=O) groups is 2. The Morgan fingerprint density at radius 2 is 1.86 bits per heavy atom. The average molecular weight is 288 g/mol. The van der Waals surface area contributed by atoms with Gasteiger partial charge < -0.3 is 14.5 Å². The fraction of sp³-hybridized carbons (Fsp3) is 0.375. The van der Waals surface area contributed by atoms with Crippen LogP contribution in [0.3, 0.4) is 0 Å². The highest BCUT2D eigenvalue weighted by Crippen LogP contribution is 2.13. The lowest BCUT2D eigenvalue weighted by molar-refractivity contribution is -0.130. The first-order chi connectivity index (χ1) is 10.2. The molecular weight excluding hydrogens is 268 g/mol. The zero-order chi connectivity index (χ0) is 15.1. The molecule has 0 aromatic heterocycles. The number of carbonyl (C=O) groups excluding carboxylic acids is 2. The third-order valence-corrected chi connectivity index (χ3v) is 3.38. The Bertz CT molecular complexity index is 503. The van der Waals surface area contributed by atoms with Gasteiger partial charge in [-0.15, -0.1) is 0 Å². The maximum Gasteiger partial charge on any atom is 0.246 e. The molecule has 2 amide bonds. The van der Waals surface area contributed by atoms with E-state index in [1.54, 1.807) is 22.0 Å². The van der Waals surface area contributed by atoms with Gasteiger partial charge in [-0.05, 0) is 30.7 Å². The summed E-state index contributed by atoms with van der Waals surface area (Å²) in [7, 11) is 0. The van der Waals surface area contributed by atoms with E-state index < -0.39 is 0 Å². The summed E-state index contributed by atoms with van der Waals surface area (Å²) in [5.41, 5.74) is 0.957. The zero-order valence-electron chi connectivity index (χ0n) is 12.2. The van der Waals surface area contributed by atoms with E-state index in [9.17, 15) is 9.59 Å². The number of hydrogen-bond acceptors (Lipinski definition) is 3. The van der Waals surface area contributed by atoms with E-state index in [1.165, 1.54) is 0 Å². The molecule has 0 N–H and O–H groups in total. The van der Waals surface area contributed by atoms with Gasteiger partial charge in [0.05, 0.1) is 6.61 Å². The monoisotopic (exact) mass is 288 g/mol. The molecule has 5 nitrogen and oxygen atoms in total. The summed E-state index contributed by atoms with van der Waals surface area (Å²) in [6.07, 6.45) is 4.20. The molecule has 2 rings (SSSR count). The minimum Gasteiger partial charge on any atom is -0.494 e. The standard InChI is InChI=1S/C16H20N2O3/c1-2-21-15-6-3-14(4-7-15)5-8-16(20)18-11-9-17(13-19)10-12-18/h3-8,13H,2,9-12H2,1H3/b8-5+. The van der Waals surface area contributed by atoms with Gasteiger partial charge in [0, 0.05) is 32.3 Å². The molecule has 1 aromatic carbocycles. The summed E-state index contributed by atoms with van der Waals surface area (Å²) < 4.78 is 5.37. The molecule has 5 heteroatoms. The van der Waals surface area contributed by atoms with Crippen molar-refractivity contribution >= 4 is 18.4 Å². The van der Waals surface area contributed by atoms with Crippen LogP contribution < -0.4 is 4.74 Å². The zero-order valence-corrected chi connectivity index (χ0v) is 12.2. The summed E-state index contributed by atoms with van der Waals surface area (Å²) >= 11 is 0. The third-order valence-electron chi connectivity index (χ3n) is 3.38. The van der Waals surface area contributed by atoms with Crippen molar-refractivity contribution in [3.8, 4) is 5.75 Å². The van der Waals surface area contributed by atoms with Crippen molar-refractivity contribution in [2.75, 3.05) is 32.8 Å². The van der Waals surface area contributed by atoms with Gasteiger partial charge in [0.25, 0.3) is 0 Å². The SMILES string of the molecule is CCOc1ccc(/C=C/C(=O)N2CCN(C=O)CC2)cc1. The van der Waals surface area contributed by atoms with Crippen LogP contribution in [0.15, 0.2) is 30.3 Å². The van der Waals surface area contributed by atoms with Gasteiger partial charge in [0.1, 0.15) is 5.75 Å². The first-order valence-corrected chi connectivity index (χ1v) is 7.12. The maximum absolute atomic E-state index is 12.0. The molecule has 112 valence electrons. The lowest BCUT2D eigenvalue weighted by Gasteiger charge is -2.31. The molecular formula is C16H20N2O3. The van der Waals surface area contributed by atoms with Gasteiger partial charge in [-0.2, -0.15) is 0 Å². The van der Waals surface area contributed by atoms with Crippen molar-refractivity contribution in [1.82, 2.24) is 9.80 Å². The number of nitrogens with zero attached hydrogens (tertiary/aromatic N) is 2. The van der Waals surface area contributed by atoms with Crippen molar-refractivity contribution in [1.29, 1.82) is 0 Å². The van der Waals surface area contributed by atoms with Gasteiger partial charge in [-0.25, -0.2) is 0 Å². The molecule has 0 spiro atoms. The quantitative estimate of drug-likeness (QED) is 0.608. The first kappa shape index (κ1) is 15.1. The number of ether oxygens (including phenoxy) is 1. The number of amides is 2. The summed E-state index contributed by atoms with van der Waals surface area (Å²) in [5.74, 6) is 0.806. The van der Waals surface area contributed by atoms with Crippen LogP contribution in [0.5, 0.6) is 5.75 Å². The third kappa shape index (κ3) is 4.34. The molecule has 0 unspecified atom stereocenters. The van der Waals surface area contributed by atoms with Crippen LogP contribution in [-0.2, 0) is 9.59 Å². The van der Waals surface area contributed by atoms with Gasteiger partial charge in [-0.1, -0.05) is 12.1 Å². The second-order valence-corrected chi connectivity index (χ2v) is 4.80. The van der Waals surface area contributed by atoms with Crippen molar-refractivity contribution in [3.63, 3.8) is 0 Å². The Balaban J connectivity index is 1.88. The average Bonchev–Trinajstić information content (AvgIpc) is 2.54. The highest BCUT2D eigenvalue weighted by atomic mass is 16.5. The highest BCUT2D eigenvalue weighted by Gasteiger charge is 2.17. The van der Waals surface area contributed by atoms with E-state index in [-0.39, 0.29) is 5.91 Å². The molecule has 0 bridgehead atoms. The second kappa shape index (κ2) is 7.47. The van der Waals surface area contributed by atoms with Gasteiger partial charge in [-0.3, -0.25) is 9.59 Å². The normalized spacial score (nSPS) is 15.3. The maximum atomic E-state index is 12.0. The molecule has 0 radical (unpaired) electrons. The summed E-state index contributed by atoms with van der Waals surface area (Å²) in [6, 6.07) is 7.60. The second-order valence-electron chi connectivity index (χ2n) is 4.80. The van der Waals surface area contributed by atoms with E-state index in [1.807, 2.05) is 31.2 Å². The Hall–Kier alpha value is -2.30. The van der Waals surface area contributed by atoms with Gasteiger partial charge in [0.2, 0.25) is 12.3 Å². The summed E-state index contributed by atoms with van der Waals surface area (Å²) in [6.45, 7) is 4.96. The molecule has 1 aliphatic heterocycles. The molecule has 1 fully saturated rings. The van der Waals surface area contributed by atoms with E-state index in [2.05, 4.69) is 0 Å². The number of piperazine rings is 1. The van der Waals surface area contributed by atoms with Crippen molar-refractivity contribution in [2.24, 2.45) is 0 Å². The van der Waals surface area contributed by atoms with Crippen molar-refractivity contribution < 1.29 is 14.3 Å². The van der Waals surface area contributed by atoms with Crippen LogP contribution >= 0.6 is 0 Å². The summed E-state index contributed by atoms with van der Waals surface area (Å²) in [4.78, 5) is 26.1. The Morgan fingerprint density at radius 1 is 1.19 bits per heavy atom. The van der Waals surface area contributed by atoms with Crippen LogP contribution in [0, 0.1) is 0 Å². The van der Waals surface area contributed by atoms with Crippen molar-refractivity contribution in [3.05, 3.63) is 35.9 Å². The number of hydrogen-bond donors (Lipinski definition) is 0. The van der Waals surface area contributed by atoms with Crippen LogP contribution in [0.25, 0.3) is 6.08 Å². The smallest absolute Gasteiger partial charge is 0.246 e. The first-order valence-electron chi connectivity index (χ1n) is 7.12. The van der Waals surface area contributed by atoms with Crippen LogP contribution in [0.1, 0.15) is 12.5 Å². The van der Waals surface area contributed by atoms with E-state index in [0.29, 0.717) is 32.8 Å². The Kier molecular flexibility index (Phi) is 5.37. The Labute approximate surface area is 124 Å². The predicted octanol–water partition coefficient (Wildman–Crippen LogP) is 1.40. The minimum atomic E-state index is -0.0190. The molecule has 1 heterocycles. The number of benzene rings is 1. The highest BCUT2D eigenvalue weighted by molar-refractivity contribution is 5.91. The minimum absolute atomic E-state index is 0.0190. The molecule has 0 aliphatic carbocycles. The lowest BCUT2D eigenvalue weighted by atomic mass is 10.2. The fourth-order valence-corrected chi connectivity index (χ4v) is 2.16. The topological polar surface area (TPSA) is 49.9 Å². The summed E-state index contributed by atoms with van der Waals surface area (Å²) in [5, 5.41) is 0. The van der Waals surface area contributed by atoms with Crippen molar-refractivity contribution in [2.45, 2.75) is 6.92 Å². The lowest BCUT2D eigenvalue weighted by Crippen LogP contribution is -2.47. The molecule has 0 atom stereocenters. The largest absolute Gasteiger partial charge is 0.494 e. The fourth-order valence-electron chi connectivity index (χ4n) is 2.16. The molecule has 0 saturated carbocycles. The molecule has 1 aromatic rings. The Morgan fingerprint density at radius 3 is 2.43 bits per heavy atom. The molecule has 1 saturated heterocycles. The van der Waals surface area contributed by atoms with E-state index in [0.717, 1.165) is 17.7 Å². The van der Waals surface area contributed by atoms with Gasteiger partial charge >= 0.3 is 0 Å². The predicted molar refractivity (Wildman–Crippen MR) is 80.9 cm³/mol. The number of rotatable bonds is 5. The van der Waals surface area contributed by atoms with E-state index >= 15 is 0 Å². The van der Waals surface area contributed by atoms with Crippen LogP contribution in [0.4, 0.5) is 0 Å². The molecule has 1 aliphatic rings.